The molecule has 1 heterocycles. The van der Waals surface area contributed by atoms with Crippen molar-refractivity contribution in [1.29, 1.82) is 0 Å². The lowest BCUT2D eigenvalue weighted by atomic mass is 10.3. The maximum Gasteiger partial charge on any atom is 0.325 e. The molecular weight excluding hydrogens is 197 g/mol. The van der Waals surface area contributed by atoms with Crippen LogP contribution in [0.15, 0.2) is 5.51 Å². The summed E-state index contributed by atoms with van der Waals surface area (Å²) >= 11 is 1.44. The first kappa shape index (κ1) is 9.86. The molecule has 12 heavy (non-hydrogen) atoms. The van der Waals surface area contributed by atoms with Gasteiger partial charge in [0.25, 0.3) is 0 Å². The SMILES string of the molecule is Cc1ncsc1CCP(=O)(O)O. The van der Waals surface area contributed by atoms with Gasteiger partial charge < -0.3 is 9.79 Å². The number of aromatic nitrogens is 1. The molecule has 0 radical (unpaired) electrons. The van der Waals surface area contributed by atoms with Crippen LogP contribution in [0.5, 0.6) is 0 Å². The zero-order chi connectivity index (χ0) is 9.19. The molecule has 0 amide bonds. The number of thiazole rings is 1. The maximum absolute atomic E-state index is 10.5. The molecule has 0 spiro atoms. The first-order valence-corrected chi connectivity index (χ1v) is 6.10. The number of hydrogen-bond donors (Lipinski definition) is 2. The Morgan fingerprint density at radius 3 is 2.75 bits per heavy atom. The summed E-state index contributed by atoms with van der Waals surface area (Å²) < 4.78 is 10.5. The van der Waals surface area contributed by atoms with E-state index in [1.165, 1.54) is 11.3 Å². The highest BCUT2D eigenvalue weighted by Gasteiger charge is 2.13. The van der Waals surface area contributed by atoms with Gasteiger partial charge in [-0.25, -0.2) is 4.98 Å². The summed E-state index contributed by atoms with van der Waals surface area (Å²) in [7, 11) is -3.85. The van der Waals surface area contributed by atoms with E-state index >= 15 is 0 Å². The van der Waals surface area contributed by atoms with Gasteiger partial charge in [-0.05, 0) is 13.3 Å². The summed E-state index contributed by atoms with van der Waals surface area (Å²) in [4.78, 5) is 22.1. The molecule has 0 aliphatic carbocycles. The van der Waals surface area contributed by atoms with Crippen LogP contribution in [-0.4, -0.2) is 20.9 Å². The Labute approximate surface area is 74.4 Å². The van der Waals surface area contributed by atoms with Crippen LogP contribution in [0.25, 0.3) is 0 Å². The molecule has 0 saturated heterocycles. The molecule has 1 rings (SSSR count). The number of hydrogen-bond acceptors (Lipinski definition) is 3. The van der Waals surface area contributed by atoms with Crippen LogP contribution < -0.4 is 0 Å². The van der Waals surface area contributed by atoms with Crippen molar-refractivity contribution in [2.24, 2.45) is 0 Å². The average Bonchev–Trinajstić information content (AvgIpc) is 2.29. The molecule has 4 nitrogen and oxygen atoms in total. The van der Waals surface area contributed by atoms with Crippen molar-refractivity contribution in [3.05, 3.63) is 16.1 Å². The summed E-state index contributed by atoms with van der Waals surface area (Å²) in [5.74, 6) is 0. The molecule has 68 valence electrons. The van der Waals surface area contributed by atoms with Gasteiger partial charge in [0, 0.05) is 4.88 Å². The second-order valence-electron chi connectivity index (χ2n) is 2.50. The Balaban J connectivity index is 2.55. The second kappa shape index (κ2) is 3.66. The summed E-state index contributed by atoms with van der Waals surface area (Å²) in [6, 6.07) is 0. The second-order valence-corrected chi connectivity index (χ2v) is 5.22. The van der Waals surface area contributed by atoms with Crippen molar-refractivity contribution in [2.75, 3.05) is 6.16 Å². The number of aryl methyl sites for hydroxylation is 2. The zero-order valence-corrected chi connectivity index (χ0v) is 8.31. The van der Waals surface area contributed by atoms with E-state index in [9.17, 15) is 4.57 Å². The molecule has 0 bridgehead atoms. The molecule has 2 N–H and O–H groups in total. The Kier molecular flexibility index (Phi) is 3.01. The van der Waals surface area contributed by atoms with E-state index in [0.717, 1.165) is 10.6 Å². The van der Waals surface area contributed by atoms with Gasteiger partial charge in [-0.1, -0.05) is 0 Å². The summed E-state index contributed by atoms with van der Waals surface area (Å²) in [6.07, 6.45) is 0.330. The third-order valence-electron chi connectivity index (χ3n) is 1.48. The summed E-state index contributed by atoms with van der Waals surface area (Å²) in [5, 5.41) is 0. The van der Waals surface area contributed by atoms with Crippen molar-refractivity contribution >= 4 is 18.9 Å². The molecule has 6 heteroatoms. The summed E-state index contributed by atoms with van der Waals surface area (Å²) in [6.45, 7) is 1.84. The Morgan fingerprint density at radius 2 is 2.33 bits per heavy atom. The van der Waals surface area contributed by atoms with E-state index in [2.05, 4.69) is 4.98 Å². The van der Waals surface area contributed by atoms with Crippen LogP contribution in [0.1, 0.15) is 10.6 Å². The van der Waals surface area contributed by atoms with Gasteiger partial charge in [-0.3, -0.25) is 4.57 Å². The van der Waals surface area contributed by atoms with Crippen LogP contribution in [-0.2, 0) is 11.0 Å². The van der Waals surface area contributed by atoms with Gasteiger partial charge in [0.2, 0.25) is 0 Å². The van der Waals surface area contributed by atoms with E-state index in [1.54, 1.807) is 5.51 Å². The van der Waals surface area contributed by atoms with E-state index < -0.39 is 7.60 Å². The van der Waals surface area contributed by atoms with Crippen LogP contribution in [0.3, 0.4) is 0 Å². The first-order valence-electron chi connectivity index (χ1n) is 3.42. The minimum Gasteiger partial charge on any atom is -0.324 e. The predicted octanol–water partition coefficient (Wildman–Crippen LogP) is 1.17. The van der Waals surface area contributed by atoms with Crippen LogP contribution in [0, 0.1) is 6.92 Å². The smallest absolute Gasteiger partial charge is 0.324 e. The van der Waals surface area contributed by atoms with Crippen molar-refractivity contribution in [2.45, 2.75) is 13.3 Å². The van der Waals surface area contributed by atoms with E-state index in [-0.39, 0.29) is 6.16 Å². The maximum atomic E-state index is 10.5. The Hall–Kier alpha value is -0.220. The minimum absolute atomic E-state index is 0.0873. The van der Waals surface area contributed by atoms with E-state index in [1.807, 2.05) is 6.92 Å². The molecule has 1 aromatic rings. The molecule has 1 aromatic heterocycles. The number of nitrogens with zero attached hydrogens (tertiary/aromatic N) is 1. The fourth-order valence-corrected chi connectivity index (χ4v) is 2.26. The van der Waals surface area contributed by atoms with Crippen molar-refractivity contribution in [1.82, 2.24) is 4.98 Å². The highest BCUT2D eigenvalue weighted by molar-refractivity contribution is 7.51. The lowest BCUT2D eigenvalue weighted by molar-refractivity contribution is 0.373. The molecule has 0 aliphatic rings. The minimum atomic E-state index is -3.85. The van der Waals surface area contributed by atoms with Crippen LogP contribution in [0.4, 0.5) is 0 Å². The van der Waals surface area contributed by atoms with Crippen molar-refractivity contribution in [3.8, 4) is 0 Å². The molecule has 0 atom stereocenters. The first-order chi connectivity index (χ1) is 5.49. The van der Waals surface area contributed by atoms with Gasteiger partial charge in [0.05, 0.1) is 17.4 Å². The van der Waals surface area contributed by atoms with Crippen LogP contribution >= 0.6 is 18.9 Å². The molecule has 0 fully saturated rings. The fraction of sp³-hybridized carbons (Fsp3) is 0.500. The normalized spacial score (nSPS) is 11.9. The van der Waals surface area contributed by atoms with Gasteiger partial charge in [0.1, 0.15) is 0 Å². The average molecular weight is 207 g/mol. The topological polar surface area (TPSA) is 70.4 Å². The van der Waals surface area contributed by atoms with E-state index in [0.29, 0.717) is 6.42 Å². The predicted molar refractivity (Wildman–Crippen MR) is 47.5 cm³/mol. The molecule has 0 aromatic carbocycles. The fourth-order valence-electron chi connectivity index (χ4n) is 0.813. The van der Waals surface area contributed by atoms with Gasteiger partial charge in [-0.15, -0.1) is 11.3 Å². The summed E-state index contributed by atoms with van der Waals surface area (Å²) in [5.41, 5.74) is 2.55. The molecule has 0 unspecified atom stereocenters. The zero-order valence-electron chi connectivity index (χ0n) is 6.60. The van der Waals surface area contributed by atoms with Crippen molar-refractivity contribution < 1.29 is 14.4 Å². The monoisotopic (exact) mass is 207 g/mol. The van der Waals surface area contributed by atoms with Crippen molar-refractivity contribution in [3.63, 3.8) is 0 Å². The lowest BCUT2D eigenvalue weighted by Gasteiger charge is -2.01. The quantitative estimate of drug-likeness (QED) is 0.730. The van der Waals surface area contributed by atoms with Gasteiger partial charge >= 0.3 is 7.60 Å². The highest BCUT2D eigenvalue weighted by Crippen LogP contribution is 2.35. The third-order valence-corrected chi connectivity index (χ3v) is 3.28. The van der Waals surface area contributed by atoms with Gasteiger partial charge in [-0.2, -0.15) is 0 Å². The number of rotatable bonds is 3. The molecule has 0 aliphatic heterocycles. The Morgan fingerprint density at radius 1 is 1.67 bits per heavy atom. The van der Waals surface area contributed by atoms with E-state index in [4.69, 9.17) is 9.79 Å². The van der Waals surface area contributed by atoms with Gasteiger partial charge in [0.15, 0.2) is 0 Å². The standard InChI is InChI=1S/C6H10NO3PS/c1-5-6(12-4-7-5)2-3-11(8,9)10/h4H,2-3H2,1H3,(H2,8,9,10). The highest BCUT2D eigenvalue weighted by atomic mass is 32.1. The largest absolute Gasteiger partial charge is 0.325 e. The lowest BCUT2D eigenvalue weighted by Crippen LogP contribution is -1.93. The molecular formula is C6H10NO3PS. The van der Waals surface area contributed by atoms with Crippen LogP contribution in [0.2, 0.25) is 0 Å². The third kappa shape index (κ3) is 3.03. The Bertz CT molecular complexity index is 305. The molecule has 0 saturated carbocycles.